The molecular formula is C10H20N4O2S. The van der Waals surface area contributed by atoms with Crippen LogP contribution in [-0.2, 0) is 16.6 Å². The van der Waals surface area contributed by atoms with Gasteiger partial charge in [-0.25, -0.2) is 13.1 Å². The van der Waals surface area contributed by atoms with Gasteiger partial charge in [0.1, 0.15) is 0 Å². The van der Waals surface area contributed by atoms with Crippen molar-refractivity contribution in [3.05, 3.63) is 11.8 Å². The number of hydrogen-bond acceptors (Lipinski definition) is 4. The SMILES string of the molecule is CCC(C)CNS(=O)(=O)c1[nH]ncc1CNC. The average molecular weight is 260 g/mol. The van der Waals surface area contributed by atoms with Crippen LogP contribution < -0.4 is 10.0 Å². The van der Waals surface area contributed by atoms with Crippen molar-refractivity contribution < 1.29 is 8.42 Å². The molecule has 0 aliphatic carbocycles. The van der Waals surface area contributed by atoms with Gasteiger partial charge in [-0.15, -0.1) is 0 Å². The van der Waals surface area contributed by atoms with Crippen LogP contribution in [0.1, 0.15) is 25.8 Å². The Kier molecular flexibility index (Phi) is 5.10. The van der Waals surface area contributed by atoms with Gasteiger partial charge in [0.15, 0.2) is 5.03 Å². The van der Waals surface area contributed by atoms with Crippen molar-refractivity contribution >= 4 is 10.0 Å². The Balaban J connectivity index is 2.78. The predicted molar refractivity (Wildman–Crippen MR) is 66.0 cm³/mol. The molecule has 0 aromatic carbocycles. The molecule has 7 heteroatoms. The predicted octanol–water partition coefficient (Wildman–Crippen LogP) is 0.454. The van der Waals surface area contributed by atoms with Crippen molar-refractivity contribution in [3.63, 3.8) is 0 Å². The summed E-state index contributed by atoms with van der Waals surface area (Å²) >= 11 is 0. The first kappa shape index (κ1) is 14.1. The van der Waals surface area contributed by atoms with Gasteiger partial charge in [0.2, 0.25) is 0 Å². The van der Waals surface area contributed by atoms with Crippen LogP contribution in [0.25, 0.3) is 0 Å². The lowest BCUT2D eigenvalue weighted by atomic mass is 10.1. The molecule has 0 fully saturated rings. The largest absolute Gasteiger partial charge is 0.316 e. The topological polar surface area (TPSA) is 86.9 Å². The molecule has 0 saturated heterocycles. The van der Waals surface area contributed by atoms with Gasteiger partial charge in [-0.05, 0) is 13.0 Å². The highest BCUT2D eigenvalue weighted by atomic mass is 32.2. The molecule has 1 heterocycles. The van der Waals surface area contributed by atoms with Crippen LogP contribution in [-0.4, -0.2) is 32.2 Å². The van der Waals surface area contributed by atoms with Gasteiger partial charge >= 0.3 is 0 Å². The third kappa shape index (κ3) is 3.79. The Hall–Kier alpha value is -0.920. The van der Waals surface area contributed by atoms with Crippen LogP contribution in [0.5, 0.6) is 0 Å². The summed E-state index contributed by atoms with van der Waals surface area (Å²) in [7, 11) is -1.72. The zero-order chi connectivity index (χ0) is 12.9. The highest BCUT2D eigenvalue weighted by Gasteiger charge is 2.20. The second-order valence-electron chi connectivity index (χ2n) is 4.12. The summed E-state index contributed by atoms with van der Waals surface area (Å²) in [6, 6.07) is 0. The summed E-state index contributed by atoms with van der Waals surface area (Å²) in [5.74, 6) is 0.320. The fourth-order valence-corrected chi connectivity index (χ4v) is 2.61. The number of hydrogen-bond donors (Lipinski definition) is 3. The molecular weight excluding hydrogens is 240 g/mol. The number of nitrogens with one attached hydrogen (secondary N) is 3. The average Bonchev–Trinajstić information content (AvgIpc) is 2.75. The van der Waals surface area contributed by atoms with E-state index < -0.39 is 10.0 Å². The zero-order valence-electron chi connectivity index (χ0n) is 10.4. The first-order valence-corrected chi connectivity index (χ1v) is 7.16. The molecule has 3 N–H and O–H groups in total. The second kappa shape index (κ2) is 6.13. The molecule has 0 radical (unpaired) electrons. The first-order chi connectivity index (χ1) is 8.01. The van der Waals surface area contributed by atoms with E-state index in [9.17, 15) is 8.42 Å². The monoisotopic (exact) mass is 260 g/mol. The van der Waals surface area contributed by atoms with Crippen LogP contribution in [0.2, 0.25) is 0 Å². The molecule has 1 aromatic rings. The van der Waals surface area contributed by atoms with E-state index in [0.29, 0.717) is 24.6 Å². The van der Waals surface area contributed by atoms with Gasteiger partial charge < -0.3 is 5.32 Å². The lowest BCUT2D eigenvalue weighted by molar-refractivity contribution is 0.525. The maximum atomic E-state index is 12.0. The molecule has 1 rings (SSSR count). The van der Waals surface area contributed by atoms with Crippen molar-refractivity contribution in [1.29, 1.82) is 0 Å². The quantitative estimate of drug-likeness (QED) is 0.664. The summed E-state index contributed by atoms with van der Waals surface area (Å²) < 4.78 is 26.6. The summed E-state index contributed by atoms with van der Waals surface area (Å²) in [6.07, 6.45) is 2.46. The van der Waals surface area contributed by atoms with E-state index in [1.54, 1.807) is 7.05 Å². The molecule has 0 aliphatic heterocycles. The molecule has 0 aliphatic rings. The van der Waals surface area contributed by atoms with Crippen molar-refractivity contribution in [1.82, 2.24) is 20.2 Å². The molecule has 98 valence electrons. The van der Waals surface area contributed by atoms with Crippen molar-refractivity contribution in [2.24, 2.45) is 5.92 Å². The molecule has 1 aromatic heterocycles. The maximum Gasteiger partial charge on any atom is 0.257 e. The van der Waals surface area contributed by atoms with E-state index in [1.165, 1.54) is 6.20 Å². The van der Waals surface area contributed by atoms with E-state index in [1.807, 2.05) is 13.8 Å². The number of rotatable bonds is 7. The van der Waals surface area contributed by atoms with Crippen molar-refractivity contribution in [3.8, 4) is 0 Å². The molecule has 6 nitrogen and oxygen atoms in total. The Morgan fingerprint density at radius 2 is 2.24 bits per heavy atom. The molecule has 0 saturated carbocycles. The molecule has 1 unspecified atom stereocenters. The second-order valence-corrected chi connectivity index (χ2v) is 5.82. The minimum absolute atomic E-state index is 0.148. The number of aromatic nitrogens is 2. The summed E-state index contributed by atoms with van der Waals surface area (Å²) in [4.78, 5) is 0. The molecule has 17 heavy (non-hydrogen) atoms. The lowest BCUT2D eigenvalue weighted by Crippen LogP contribution is -2.29. The molecule has 0 amide bonds. The standard InChI is InChI=1S/C10H20N4O2S/c1-4-8(2)5-13-17(15,16)10-9(6-11-3)7-12-14-10/h7-8,11,13H,4-6H2,1-3H3,(H,12,14). The number of H-pyrrole nitrogens is 1. The van der Waals surface area contributed by atoms with Gasteiger partial charge in [-0.2, -0.15) is 5.10 Å². The highest BCUT2D eigenvalue weighted by Crippen LogP contribution is 2.11. The summed E-state index contributed by atoms with van der Waals surface area (Å²) in [5.41, 5.74) is 0.643. The van der Waals surface area contributed by atoms with E-state index in [-0.39, 0.29) is 5.03 Å². The Morgan fingerprint density at radius 3 is 2.82 bits per heavy atom. The lowest BCUT2D eigenvalue weighted by Gasteiger charge is -2.10. The number of aromatic amines is 1. The zero-order valence-corrected chi connectivity index (χ0v) is 11.3. The third-order valence-electron chi connectivity index (χ3n) is 2.63. The van der Waals surface area contributed by atoms with Crippen LogP contribution in [0.15, 0.2) is 11.2 Å². The van der Waals surface area contributed by atoms with Crippen LogP contribution in [0, 0.1) is 5.92 Å². The number of nitrogens with zero attached hydrogens (tertiary/aromatic N) is 1. The number of sulfonamides is 1. The van der Waals surface area contributed by atoms with Crippen LogP contribution in [0.3, 0.4) is 0 Å². The smallest absolute Gasteiger partial charge is 0.257 e. The minimum Gasteiger partial charge on any atom is -0.316 e. The van der Waals surface area contributed by atoms with Crippen molar-refractivity contribution in [2.45, 2.75) is 31.8 Å². The van der Waals surface area contributed by atoms with Crippen LogP contribution >= 0.6 is 0 Å². The van der Waals surface area contributed by atoms with Gasteiger partial charge in [-0.3, -0.25) is 5.10 Å². The van der Waals surface area contributed by atoms with Gasteiger partial charge in [0.25, 0.3) is 10.0 Å². The summed E-state index contributed by atoms with van der Waals surface area (Å²) in [6.45, 7) is 4.94. The minimum atomic E-state index is -3.48. The highest BCUT2D eigenvalue weighted by molar-refractivity contribution is 7.89. The molecule has 1 atom stereocenters. The molecule has 0 bridgehead atoms. The van der Waals surface area contributed by atoms with E-state index in [2.05, 4.69) is 20.2 Å². The van der Waals surface area contributed by atoms with E-state index >= 15 is 0 Å². The van der Waals surface area contributed by atoms with E-state index in [4.69, 9.17) is 0 Å². The van der Waals surface area contributed by atoms with Crippen molar-refractivity contribution in [2.75, 3.05) is 13.6 Å². The Labute approximate surface area is 102 Å². The fourth-order valence-electron chi connectivity index (χ4n) is 1.32. The van der Waals surface area contributed by atoms with E-state index in [0.717, 1.165) is 6.42 Å². The van der Waals surface area contributed by atoms with Gasteiger partial charge in [-0.1, -0.05) is 20.3 Å². The van der Waals surface area contributed by atoms with Gasteiger partial charge in [0.05, 0.1) is 6.20 Å². The van der Waals surface area contributed by atoms with Crippen LogP contribution in [0.4, 0.5) is 0 Å². The third-order valence-corrected chi connectivity index (χ3v) is 4.07. The normalized spacial score (nSPS) is 13.8. The van der Waals surface area contributed by atoms with Gasteiger partial charge in [0, 0.05) is 18.7 Å². The maximum absolute atomic E-state index is 12.0. The Morgan fingerprint density at radius 1 is 1.53 bits per heavy atom. The summed E-state index contributed by atoms with van der Waals surface area (Å²) in [5, 5.41) is 9.36. The fraction of sp³-hybridized carbons (Fsp3) is 0.700. The molecule has 0 spiro atoms. The Bertz CT molecular complexity index is 441. The first-order valence-electron chi connectivity index (χ1n) is 5.67.